The molecule has 1 aromatic carbocycles. The highest BCUT2D eigenvalue weighted by Gasteiger charge is 2.26. The quantitative estimate of drug-likeness (QED) is 0.907. The molecule has 1 aliphatic rings. The summed E-state index contributed by atoms with van der Waals surface area (Å²) in [5, 5.41) is 6.98. The van der Waals surface area contributed by atoms with E-state index in [9.17, 15) is 4.79 Å². The first-order valence-electron chi connectivity index (χ1n) is 8.09. The van der Waals surface area contributed by atoms with Gasteiger partial charge in [0.25, 0.3) is 5.91 Å². The Morgan fingerprint density at radius 1 is 1.48 bits per heavy atom. The Labute approximate surface area is 136 Å². The Morgan fingerprint density at radius 2 is 2.30 bits per heavy atom. The lowest BCUT2D eigenvalue weighted by molar-refractivity contribution is 0.0661. The molecule has 1 aromatic heterocycles. The minimum Gasteiger partial charge on any atom is -0.338 e. The predicted octanol–water partition coefficient (Wildman–Crippen LogP) is 1.98. The number of aryl methyl sites for hydroxylation is 1. The Hall–Kier alpha value is -2.21. The van der Waals surface area contributed by atoms with Gasteiger partial charge in [-0.3, -0.25) is 9.89 Å². The van der Waals surface area contributed by atoms with Crippen LogP contribution < -0.4 is 5.73 Å². The number of hydrogen-bond acceptors (Lipinski definition) is 4. The Morgan fingerprint density at radius 3 is 3.00 bits per heavy atom. The molecule has 122 valence electrons. The molecule has 6 nitrogen and oxygen atoms in total. The van der Waals surface area contributed by atoms with Gasteiger partial charge in [-0.25, -0.2) is 4.98 Å². The third-order valence-corrected chi connectivity index (χ3v) is 4.45. The van der Waals surface area contributed by atoms with Crippen LogP contribution >= 0.6 is 0 Å². The number of likely N-dealkylation sites (tertiary alicyclic amines) is 1. The number of piperidine rings is 1. The van der Waals surface area contributed by atoms with Crippen molar-refractivity contribution in [3.05, 3.63) is 35.7 Å². The molecular formula is C17H23N5O. The smallest absolute Gasteiger partial charge is 0.253 e. The van der Waals surface area contributed by atoms with Crippen LogP contribution in [0.3, 0.4) is 0 Å². The van der Waals surface area contributed by atoms with Gasteiger partial charge in [0.05, 0.1) is 0 Å². The SMILES string of the molecule is Cc1nc(-c2cccc(C(=O)N3CCC[C@H]([C@H](C)N)C3)c2)n[nH]1. The Kier molecular flexibility index (Phi) is 4.43. The van der Waals surface area contributed by atoms with Crippen molar-refractivity contribution in [3.63, 3.8) is 0 Å². The number of aromatic amines is 1. The van der Waals surface area contributed by atoms with Crippen molar-refractivity contribution in [2.24, 2.45) is 11.7 Å². The molecule has 0 bridgehead atoms. The van der Waals surface area contributed by atoms with E-state index in [4.69, 9.17) is 5.73 Å². The van der Waals surface area contributed by atoms with E-state index in [1.165, 1.54) is 0 Å². The average molecular weight is 313 g/mol. The van der Waals surface area contributed by atoms with Crippen molar-refractivity contribution in [3.8, 4) is 11.4 Å². The van der Waals surface area contributed by atoms with Crippen molar-refractivity contribution in [1.29, 1.82) is 0 Å². The third-order valence-electron chi connectivity index (χ3n) is 4.45. The van der Waals surface area contributed by atoms with Crippen molar-refractivity contribution in [2.45, 2.75) is 32.7 Å². The summed E-state index contributed by atoms with van der Waals surface area (Å²) < 4.78 is 0. The zero-order chi connectivity index (χ0) is 16.4. The molecule has 6 heteroatoms. The summed E-state index contributed by atoms with van der Waals surface area (Å²) in [7, 11) is 0. The number of aromatic nitrogens is 3. The van der Waals surface area contributed by atoms with Gasteiger partial charge in [-0.15, -0.1) is 0 Å². The normalized spacial score (nSPS) is 19.6. The molecular weight excluding hydrogens is 290 g/mol. The van der Waals surface area contributed by atoms with Crippen LogP contribution in [0.25, 0.3) is 11.4 Å². The van der Waals surface area contributed by atoms with E-state index in [2.05, 4.69) is 15.2 Å². The zero-order valence-electron chi connectivity index (χ0n) is 13.6. The number of carbonyl (C=O) groups is 1. The lowest BCUT2D eigenvalue weighted by Gasteiger charge is -2.34. The van der Waals surface area contributed by atoms with Gasteiger partial charge < -0.3 is 10.6 Å². The van der Waals surface area contributed by atoms with Gasteiger partial charge in [0.15, 0.2) is 5.82 Å². The molecule has 1 aliphatic heterocycles. The molecule has 1 amide bonds. The van der Waals surface area contributed by atoms with E-state index in [1.807, 2.05) is 43.0 Å². The summed E-state index contributed by atoms with van der Waals surface area (Å²) in [6.07, 6.45) is 2.11. The number of nitrogens with one attached hydrogen (secondary N) is 1. The first-order valence-corrected chi connectivity index (χ1v) is 8.09. The summed E-state index contributed by atoms with van der Waals surface area (Å²) in [6.45, 7) is 5.41. The van der Waals surface area contributed by atoms with Crippen LogP contribution in [0.15, 0.2) is 24.3 Å². The van der Waals surface area contributed by atoms with Gasteiger partial charge in [0.1, 0.15) is 5.82 Å². The number of H-pyrrole nitrogens is 1. The van der Waals surface area contributed by atoms with Gasteiger partial charge in [-0.05, 0) is 44.7 Å². The van der Waals surface area contributed by atoms with E-state index < -0.39 is 0 Å². The number of carbonyl (C=O) groups excluding carboxylic acids is 1. The van der Waals surface area contributed by atoms with E-state index in [0.29, 0.717) is 17.3 Å². The number of rotatable bonds is 3. The fourth-order valence-electron chi connectivity index (χ4n) is 3.07. The minimum absolute atomic E-state index is 0.0597. The highest BCUT2D eigenvalue weighted by atomic mass is 16.2. The molecule has 0 unspecified atom stereocenters. The van der Waals surface area contributed by atoms with Crippen molar-refractivity contribution < 1.29 is 4.79 Å². The fraction of sp³-hybridized carbons (Fsp3) is 0.471. The van der Waals surface area contributed by atoms with Crippen LogP contribution in [0.5, 0.6) is 0 Å². The van der Waals surface area contributed by atoms with Crippen LogP contribution in [0.2, 0.25) is 0 Å². The molecule has 0 spiro atoms. The van der Waals surface area contributed by atoms with Crippen LogP contribution in [-0.2, 0) is 0 Å². The van der Waals surface area contributed by atoms with E-state index >= 15 is 0 Å². The zero-order valence-corrected chi connectivity index (χ0v) is 13.6. The molecule has 3 rings (SSSR count). The van der Waals surface area contributed by atoms with E-state index in [0.717, 1.165) is 37.3 Å². The molecule has 1 saturated heterocycles. The second-order valence-electron chi connectivity index (χ2n) is 6.34. The largest absolute Gasteiger partial charge is 0.338 e. The topological polar surface area (TPSA) is 87.9 Å². The average Bonchev–Trinajstić information content (AvgIpc) is 3.01. The summed E-state index contributed by atoms with van der Waals surface area (Å²) in [5.74, 6) is 1.81. The third kappa shape index (κ3) is 3.42. The van der Waals surface area contributed by atoms with Crippen molar-refractivity contribution in [2.75, 3.05) is 13.1 Å². The maximum absolute atomic E-state index is 12.8. The molecule has 2 atom stereocenters. The molecule has 2 heterocycles. The highest BCUT2D eigenvalue weighted by Crippen LogP contribution is 2.22. The molecule has 2 aromatic rings. The van der Waals surface area contributed by atoms with E-state index in [1.54, 1.807) is 0 Å². The molecule has 0 saturated carbocycles. The highest BCUT2D eigenvalue weighted by molar-refractivity contribution is 5.95. The molecule has 0 aliphatic carbocycles. The second-order valence-corrected chi connectivity index (χ2v) is 6.34. The van der Waals surface area contributed by atoms with Gasteiger partial charge in [0, 0.05) is 30.3 Å². The number of nitrogens with zero attached hydrogens (tertiary/aromatic N) is 3. The molecule has 23 heavy (non-hydrogen) atoms. The van der Waals surface area contributed by atoms with Crippen molar-refractivity contribution in [1.82, 2.24) is 20.1 Å². The number of amides is 1. The maximum Gasteiger partial charge on any atom is 0.253 e. The molecule has 0 radical (unpaired) electrons. The summed E-state index contributed by atoms with van der Waals surface area (Å²) in [6, 6.07) is 7.62. The molecule has 1 fully saturated rings. The van der Waals surface area contributed by atoms with Crippen LogP contribution in [0.1, 0.15) is 35.9 Å². The Bertz CT molecular complexity index is 694. The number of nitrogens with two attached hydrogens (primary N) is 1. The van der Waals surface area contributed by atoms with Gasteiger partial charge >= 0.3 is 0 Å². The minimum atomic E-state index is 0.0597. The molecule has 3 N–H and O–H groups in total. The van der Waals surface area contributed by atoms with E-state index in [-0.39, 0.29) is 11.9 Å². The maximum atomic E-state index is 12.8. The lowest BCUT2D eigenvalue weighted by Crippen LogP contribution is -2.45. The van der Waals surface area contributed by atoms with Gasteiger partial charge in [-0.1, -0.05) is 12.1 Å². The number of benzene rings is 1. The van der Waals surface area contributed by atoms with Crippen LogP contribution in [0.4, 0.5) is 0 Å². The first-order chi connectivity index (χ1) is 11.0. The second kappa shape index (κ2) is 6.50. The predicted molar refractivity (Wildman–Crippen MR) is 88.8 cm³/mol. The summed E-state index contributed by atoms with van der Waals surface area (Å²) in [4.78, 5) is 19.0. The first kappa shape index (κ1) is 15.7. The lowest BCUT2D eigenvalue weighted by atomic mass is 9.92. The monoisotopic (exact) mass is 313 g/mol. The summed E-state index contributed by atoms with van der Waals surface area (Å²) in [5.41, 5.74) is 7.54. The van der Waals surface area contributed by atoms with Crippen molar-refractivity contribution >= 4 is 5.91 Å². The number of hydrogen-bond donors (Lipinski definition) is 2. The Balaban J connectivity index is 1.80. The van der Waals surface area contributed by atoms with Gasteiger partial charge in [0.2, 0.25) is 0 Å². The summed E-state index contributed by atoms with van der Waals surface area (Å²) >= 11 is 0. The van der Waals surface area contributed by atoms with Gasteiger partial charge in [-0.2, -0.15) is 5.10 Å². The standard InChI is InChI=1S/C17H23N5O/c1-11(18)15-7-4-8-22(10-15)17(23)14-6-3-5-13(9-14)16-19-12(2)20-21-16/h3,5-6,9,11,15H,4,7-8,10,18H2,1-2H3,(H,19,20,21)/t11-,15-/m0/s1. The van der Waals surface area contributed by atoms with Crippen LogP contribution in [0, 0.1) is 12.8 Å². The fourth-order valence-corrected chi connectivity index (χ4v) is 3.07. The van der Waals surface area contributed by atoms with Crippen LogP contribution in [-0.4, -0.2) is 45.1 Å².